The summed E-state index contributed by atoms with van der Waals surface area (Å²) in [6.07, 6.45) is -5.38. The van der Waals surface area contributed by atoms with E-state index in [4.69, 9.17) is 18.8 Å². The van der Waals surface area contributed by atoms with Crippen LogP contribution in [0.5, 0.6) is 11.5 Å². The predicted molar refractivity (Wildman–Crippen MR) is 98.9 cm³/mol. The van der Waals surface area contributed by atoms with Gasteiger partial charge in [-0.25, -0.2) is 4.39 Å². The topological polar surface area (TPSA) is 36.9 Å². The molecule has 1 aliphatic heterocycles. The number of ether oxygens (including phenoxy) is 2. The second-order valence-corrected chi connectivity index (χ2v) is 7.64. The minimum Gasteiger partial charge on any atom is -0.493 e. The average molecular weight is 404 g/mol. The highest BCUT2D eigenvalue weighted by Gasteiger charge is 2.53. The van der Waals surface area contributed by atoms with Gasteiger partial charge in [0.25, 0.3) is 0 Å². The lowest BCUT2D eigenvalue weighted by molar-refractivity contribution is -0.139. The lowest BCUT2D eigenvalue weighted by Gasteiger charge is -2.32. The lowest BCUT2D eigenvalue weighted by atomic mass is 9.83. The molecule has 2 rings (SSSR count). The Bertz CT molecular complexity index is 728. The lowest BCUT2D eigenvalue weighted by Crippen LogP contribution is -2.41. The van der Waals surface area contributed by atoms with E-state index in [1.165, 1.54) is 19.2 Å². The molecule has 28 heavy (non-hydrogen) atoms. The maximum Gasteiger partial charge on any atom is 0.525 e. The molecule has 9 heteroatoms. The van der Waals surface area contributed by atoms with Crippen LogP contribution in [0.1, 0.15) is 46.6 Å². The molecule has 4 nitrogen and oxygen atoms in total. The van der Waals surface area contributed by atoms with E-state index in [-0.39, 0.29) is 17.1 Å². The Morgan fingerprint density at radius 3 is 2.14 bits per heavy atom. The van der Waals surface area contributed by atoms with Gasteiger partial charge in [0, 0.05) is 0 Å². The summed E-state index contributed by atoms with van der Waals surface area (Å²) in [5.41, 5.74) is -1.18. The van der Waals surface area contributed by atoms with Crippen molar-refractivity contribution in [2.75, 3.05) is 13.7 Å². The van der Waals surface area contributed by atoms with Crippen molar-refractivity contribution < 1.29 is 36.3 Å². The third-order valence-electron chi connectivity index (χ3n) is 5.06. The number of alkyl halides is 3. The molecule has 0 unspecified atom stereocenters. The van der Waals surface area contributed by atoms with Gasteiger partial charge >= 0.3 is 13.3 Å². The molecule has 0 spiro atoms. The normalized spacial score (nSPS) is 19.4. The van der Waals surface area contributed by atoms with Crippen molar-refractivity contribution in [3.63, 3.8) is 0 Å². The number of benzene rings is 1. The van der Waals surface area contributed by atoms with E-state index in [0.29, 0.717) is 5.56 Å². The van der Waals surface area contributed by atoms with Gasteiger partial charge in [0.15, 0.2) is 11.5 Å². The fourth-order valence-electron chi connectivity index (χ4n) is 2.56. The number of methoxy groups -OCH3 is 1. The Morgan fingerprint density at radius 1 is 1.07 bits per heavy atom. The molecule has 0 bridgehead atoms. The molecule has 0 amide bonds. The van der Waals surface area contributed by atoms with Gasteiger partial charge in [-0.3, -0.25) is 0 Å². The van der Waals surface area contributed by atoms with Crippen molar-refractivity contribution in [1.82, 2.24) is 0 Å². The van der Waals surface area contributed by atoms with E-state index in [1.807, 2.05) is 27.7 Å². The van der Waals surface area contributed by atoms with E-state index in [0.717, 1.165) is 0 Å². The third-order valence-corrected chi connectivity index (χ3v) is 5.06. The molecule has 1 aromatic carbocycles. The van der Waals surface area contributed by atoms with Crippen LogP contribution in [-0.4, -0.2) is 38.2 Å². The fraction of sp³-hybridized carbons (Fsp3) is 0.579. The van der Waals surface area contributed by atoms with Crippen LogP contribution in [0, 0.1) is 0 Å². The van der Waals surface area contributed by atoms with Crippen LogP contribution >= 0.6 is 0 Å². The van der Waals surface area contributed by atoms with E-state index in [9.17, 15) is 17.6 Å². The van der Waals surface area contributed by atoms with Crippen LogP contribution in [0.4, 0.5) is 17.6 Å². The number of halogens is 4. The van der Waals surface area contributed by atoms with Crippen LogP contribution in [0.15, 0.2) is 23.9 Å². The van der Waals surface area contributed by atoms with Crippen molar-refractivity contribution in [1.29, 1.82) is 0 Å². The van der Waals surface area contributed by atoms with Crippen LogP contribution in [-0.2, 0) is 9.31 Å². The van der Waals surface area contributed by atoms with Gasteiger partial charge in [-0.1, -0.05) is 6.07 Å². The monoisotopic (exact) mass is 404 g/mol. The molecule has 0 N–H and O–H groups in total. The van der Waals surface area contributed by atoms with Crippen LogP contribution in [0.2, 0.25) is 0 Å². The molecule has 1 heterocycles. The summed E-state index contributed by atoms with van der Waals surface area (Å²) < 4.78 is 73.6. The van der Waals surface area contributed by atoms with Crippen LogP contribution in [0.25, 0.3) is 5.57 Å². The summed E-state index contributed by atoms with van der Waals surface area (Å²) in [5.74, 6) is 0.361. The fourth-order valence-corrected chi connectivity index (χ4v) is 2.56. The Kier molecular flexibility index (Phi) is 6.40. The maximum absolute atomic E-state index is 15.0. The molecule has 0 saturated carbocycles. The van der Waals surface area contributed by atoms with E-state index in [1.54, 1.807) is 13.0 Å². The molecule has 0 aliphatic carbocycles. The first kappa shape index (κ1) is 22.6. The third kappa shape index (κ3) is 5.00. The summed E-state index contributed by atoms with van der Waals surface area (Å²) in [5, 5.41) is 0. The highest BCUT2D eigenvalue weighted by Crippen LogP contribution is 2.40. The van der Waals surface area contributed by atoms with Gasteiger partial charge in [-0.05, 0) is 57.9 Å². The minimum absolute atomic E-state index is 0.152. The number of allylic oxidation sites excluding steroid dienone is 1. The highest BCUT2D eigenvalue weighted by molar-refractivity contribution is 6.55. The van der Waals surface area contributed by atoms with Crippen LogP contribution in [0.3, 0.4) is 0 Å². The second kappa shape index (κ2) is 7.95. The van der Waals surface area contributed by atoms with E-state index < -0.39 is 43.3 Å². The zero-order valence-corrected chi connectivity index (χ0v) is 16.9. The van der Waals surface area contributed by atoms with Crippen molar-refractivity contribution in [2.24, 2.45) is 0 Å². The number of rotatable bonds is 6. The Morgan fingerprint density at radius 2 is 1.64 bits per heavy atom. The van der Waals surface area contributed by atoms with E-state index >= 15 is 0 Å². The van der Waals surface area contributed by atoms with Gasteiger partial charge in [-0.2, -0.15) is 13.2 Å². The van der Waals surface area contributed by atoms with Crippen molar-refractivity contribution in [2.45, 2.75) is 58.4 Å². The maximum atomic E-state index is 15.0. The van der Waals surface area contributed by atoms with Crippen molar-refractivity contribution in [3.05, 3.63) is 29.5 Å². The smallest absolute Gasteiger partial charge is 0.493 e. The second-order valence-electron chi connectivity index (χ2n) is 7.64. The molecule has 1 aliphatic rings. The Labute approximate surface area is 162 Å². The zero-order valence-electron chi connectivity index (χ0n) is 16.9. The summed E-state index contributed by atoms with van der Waals surface area (Å²) >= 11 is 0. The summed E-state index contributed by atoms with van der Waals surface area (Å²) in [6, 6.07) is 4.50. The first-order chi connectivity index (χ1) is 12.8. The van der Waals surface area contributed by atoms with Gasteiger partial charge in [0.1, 0.15) is 5.73 Å². The molecular weight excluding hydrogens is 379 g/mol. The summed E-state index contributed by atoms with van der Waals surface area (Å²) in [7, 11) is 0.220. The van der Waals surface area contributed by atoms with E-state index in [2.05, 4.69) is 0 Å². The number of hydrogen-bond acceptors (Lipinski definition) is 4. The van der Waals surface area contributed by atoms with Gasteiger partial charge in [-0.15, -0.1) is 0 Å². The molecule has 1 aromatic rings. The minimum atomic E-state index is -4.31. The highest BCUT2D eigenvalue weighted by atomic mass is 19.4. The molecule has 0 radical (unpaired) electrons. The molecule has 0 atom stereocenters. The first-order valence-corrected chi connectivity index (χ1v) is 8.87. The Balaban J connectivity index is 2.21. The van der Waals surface area contributed by atoms with Crippen molar-refractivity contribution in [3.8, 4) is 11.5 Å². The molecular formula is C19H25BF4O4. The SMILES string of the molecule is COc1cc(C(C)=C(F)B2OC(C)(C)C(C)(C)O2)ccc1OCCC(F)(F)F. The summed E-state index contributed by atoms with van der Waals surface area (Å²) in [4.78, 5) is 0. The molecule has 156 valence electrons. The van der Waals surface area contributed by atoms with Gasteiger partial charge in [0.05, 0.1) is 31.3 Å². The molecule has 1 saturated heterocycles. The molecule has 1 fully saturated rings. The first-order valence-electron chi connectivity index (χ1n) is 8.87. The molecule has 0 aromatic heterocycles. The van der Waals surface area contributed by atoms with Gasteiger partial charge in [0.2, 0.25) is 0 Å². The van der Waals surface area contributed by atoms with Crippen LogP contribution < -0.4 is 9.47 Å². The van der Waals surface area contributed by atoms with Gasteiger partial charge < -0.3 is 18.8 Å². The zero-order chi connectivity index (χ0) is 21.3. The number of hydrogen-bond donors (Lipinski definition) is 0. The summed E-state index contributed by atoms with van der Waals surface area (Å²) in [6.45, 7) is 8.34. The Hall–Kier alpha value is -1.74. The predicted octanol–water partition coefficient (Wildman–Crippen LogP) is 5.36. The standard InChI is InChI=1S/C19H25BF4O4/c1-12(16(21)20-27-17(2,3)18(4,5)28-20)13-7-8-14(15(11-13)25-6)26-10-9-19(22,23)24/h7-8,11H,9-10H2,1-6H3. The average Bonchev–Trinajstić information content (AvgIpc) is 2.80. The quantitative estimate of drug-likeness (QED) is 0.473. The largest absolute Gasteiger partial charge is 0.525 e. The van der Waals surface area contributed by atoms with Crippen molar-refractivity contribution >= 4 is 12.7 Å².